The molecule has 1 saturated carbocycles. The fourth-order valence-electron chi connectivity index (χ4n) is 3.72. The van der Waals surface area contributed by atoms with E-state index in [1.165, 1.54) is 44.6 Å². The van der Waals surface area contributed by atoms with Crippen molar-refractivity contribution in [3.63, 3.8) is 0 Å². The Morgan fingerprint density at radius 1 is 1.16 bits per heavy atom. The number of hydrogen-bond donors (Lipinski definition) is 1. The number of nitrogens with two attached hydrogens (primary N) is 1. The molecule has 2 N–H and O–H groups in total. The van der Waals surface area contributed by atoms with E-state index < -0.39 is 0 Å². The molecule has 19 heavy (non-hydrogen) atoms. The van der Waals surface area contributed by atoms with Gasteiger partial charge in [0.1, 0.15) is 5.82 Å². The standard InChI is InChI=1S/C15H20BrFN2/c16-11-8-15(13(18)9-12(11)17)19-7-3-6-14(19)10-4-1-2-5-10/h8-10,14H,1-7,18H2. The van der Waals surface area contributed by atoms with Gasteiger partial charge >= 0.3 is 0 Å². The lowest BCUT2D eigenvalue weighted by atomic mass is 9.95. The monoisotopic (exact) mass is 326 g/mol. The highest BCUT2D eigenvalue weighted by Crippen LogP contribution is 2.40. The van der Waals surface area contributed by atoms with Crippen LogP contribution < -0.4 is 10.6 Å². The van der Waals surface area contributed by atoms with Crippen LogP contribution >= 0.6 is 15.9 Å². The molecule has 1 unspecified atom stereocenters. The Hall–Kier alpha value is -0.770. The second kappa shape index (κ2) is 5.31. The van der Waals surface area contributed by atoms with Crippen LogP contribution in [-0.2, 0) is 0 Å². The number of anilines is 2. The van der Waals surface area contributed by atoms with Crippen LogP contribution in [0.5, 0.6) is 0 Å². The molecule has 2 fully saturated rings. The normalized spacial score (nSPS) is 24.3. The Labute approximate surface area is 122 Å². The lowest BCUT2D eigenvalue weighted by Gasteiger charge is -2.32. The maximum atomic E-state index is 13.5. The van der Waals surface area contributed by atoms with E-state index in [1.54, 1.807) is 0 Å². The number of hydrogen-bond acceptors (Lipinski definition) is 2. The summed E-state index contributed by atoms with van der Waals surface area (Å²) in [6.07, 6.45) is 7.86. The van der Waals surface area contributed by atoms with Crippen LogP contribution in [0.2, 0.25) is 0 Å². The fourth-order valence-corrected chi connectivity index (χ4v) is 4.06. The third-order valence-electron chi connectivity index (χ3n) is 4.62. The molecular formula is C15H20BrFN2. The molecular weight excluding hydrogens is 307 g/mol. The van der Waals surface area contributed by atoms with Crippen molar-refractivity contribution in [3.8, 4) is 0 Å². The third-order valence-corrected chi connectivity index (χ3v) is 5.23. The van der Waals surface area contributed by atoms with Gasteiger partial charge in [-0.1, -0.05) is 12.8 Å². The lowest BCUT2D eigenvalue weighted by Crippen LogP contribution is -2.35. The van der Waals surface area contributed by atoms with Crippen LogP contribution in [0.25, 0.3) is 0 Å². The highest BCUT2D eigenvalue weighted by Gasteiger charge is 2.34. The molecule has 0 radical (unpaired) electrons. The number of halogens is 2. The van der Waals surface area contributed by atoms with Crippen molar-refractivity contribution in [3.05, 3.63) is 22.4 Å². The minimum atomic E-state index is -0.280. The van der Waals surface area contributed by atoms with Crippen molar-refractivity contribution >= 4 is 27.3 Å². The summed E-state index contributed by atoms with van der Waals surface area (Å²) in [5.41, 5.74) is 7.59. The minimum Gasteiger partial charge on any atom is -0.397 e. The first-order valence-corrected chi connectivity index (χ1v) is 7.97. The highest BCUT2D eigenvalue weighted by molar-refractivity contribution is 9.10. The summed E-state index contributed by atoms with van der Waals surface area (Å²) < 4.78 is 14.0. The van der Waals surface area contributed by atoms with Gasteiger partial charge in [-0.3, -0.25) is 0 Å². The lowest BCUT2D eigenvalue weighted by molar-refractivity contribution is 0.431. The molecule has 0 amide bonds. The second-order valence-electron chi connectivity index (χ2n) is 5.77. The highest BCUT2D eigenvalue weighted by atomic mass is 79.9. The van der Waals surface area contributed by atoms with E-state index in [4.69, 9.17) is 5.73 Å². The molecule has 2 nitrogen and oxygen atoms in total. The average Bonchev–Trinajstić information content (AvgIpc) is 3.03. The van der Waals surface area contributed by atoms with Crippen molar-refractivity contribution in [2.75, 3.05) is 17.2 Å². The largest absolute Gasteiger partial charge is 0.397 e. The Kier molecular flexibility index (Phi) is 3.70. The molecule has 0 aromatic heterocycles. The quantitative estimate of drug-likeness (QED) is 0.819. The zero-order valence-corrected chi connectivity index (χ0v) is 12.6. The molecule has 1 atom stereocenters. The number of nitrogen functional groups attached to an aromatic ring is 1. The predicted molar refractivity (Wildman–Crippen MR) is 80.8 cm³/mol. The maximum absolute atomic E-state index is 13.5. The van der Waals surface area contributed by atoms with Crippen molar-refractivity contribution in [2.45, 2.75) is 44.6 Å². The third kappa shape index (κ3) is 2.47. The van der Waals surface area contributed by atoms with E-state index in [-0.39, 0.29) is 5.82 Å². The molecule has 2 aliphatic rings. The summed E-state index contributed by atoms with van der Waals surface area (Å²) in [6.45, 7) is 1.05. The topological polar surface area (TPSA) is 29.3 Å². The summed E-state index contributed by atoms with van der Waals surface area (Å²) in [4.78, 5) is 2.41. The molecule has 104 valence electrons. The van der Waals surface area contributed by atoms with Gasteiger partial charge < -0.3 is 10.6 Å². The Bertz CT molecular complexity index is 471. The summed E-state index contributed by atoms with van der Waals surface area (Å²) in [5, 5.41) is 0. The minimum absolute atomic E-state index is 0.280. The van der Waals surface area contributed by atoms with Crippen LogP contribution in [0.3, 0.4) is 0 Å². The molecule has 3 rings (SSSR count). The number of rotatable bonds is 2. The van der Waals surface area contributed by atoms with Gasteiger partial charge in [0.25, 0.3) is 0 Å². The van der Waals surface area contributed by atoms with Crippen LogP contribution in [0.4, 0.5) is 15.8 Å². The summed E-state index contributed by atoms with van der Waals surface area (Å²) in [6, 6.07) is 3.88. The molecule has 0 spiro atoms. The van der Waals surface area contributed by atoms with Gasteiger partial charge in [-0.15, -0.1) is 0 Å². The number of benzene rings is 1. The smallest absolute Gasteiger partial charge is 0.139 e. The first-order chi connectivity index (χ1) is 9.16. The first kappa shape index (κ1) is 13.2. The Balaban J connectivity index is 1.89. The second-order valence-corrected chi connectivity index (χ2v) is 6.63. The maximum Gasteiger partial charge on any atom is 0.139 e. The van der Waals surface area contributed by atoms with Gasteiger partial charge in [-0.2, -0.15) is 0 Å². The van der Waals surface area contributed by atoms with Gasteiger partial charge in [-0.25, -0.2) is 4.39 Å². The van der Waals surface area contributed by atoms with E-state index in [0.717, 1.165) is 18.2 Å². The average molecular weight is 327 g/mol. The van der Waals surface area contributed by atoms with E-state index in [9.17, 15) is 4.39 Å². The summed E-state index contributed by atoms with van der Waals surface area (Å²) in [5.74, 6) is 0.517. The molecule has 4 heteroatoms. The predicted octanol–water partition coefficient (Wildman–Crippen LogP) is 4.33. The van der Waals surface area contributed by atoms with Crippen molar-refractivity contribution < 1.29 is 4.39 Å². The molecule has 1 aromatic rings. The Morgan fingerprint density at radius 2 is 1.89 bits per heavy atom. The van der Waals surface area contributed by atoms with Crippen LogP contribution in [0.15, 0.2) is 16.6 Å². The van der Waals surface area contributed by atoms with Gasteiger partial charge in [0, 0.05) is 18.7 Å². The van der Waals surface area contributed by atoms with Gasteiger partial charge in [-0.05, 0) is 53.6 Å². The van der Waals surface area contributed by atoms with Crippen molar-refractivity contribution in [2.24, 2.45) is 5.92 Å². The summed E-state index contributed by atoms with van der Waals surface area (Å²) >= 11 is 3.27. The fraction of sp³-hybridized carbons (Fsp3) is 0.600. The van der Waals surface area contributed by atoms with Crippen LogP contribution in [-0.4, -0.2) is 12.6 Å². The van der Waals surface area contributed by atoms with Crippen molar-refractivity contribution in [1.29, 1.82) is 0 Å². The van der Waals surface area contributed by atoms with Crippen LogP contribution in [0.1, 0.15) is 38.5 Å². The van der Waals surface area contributed by atoms with Gasteiger partial charge in [0.15, 0.2) is 0 Å². The SMILES string of the molecule is Nc1cc(F)c(Br)cc1N1CCCC1C1CCCC1. The van der Waals surface area contributed by atoms with Crippen LogP contribution in [0, 0.1) is 11.7 Å². The van der Waals surface area contributed by atoms with E-state index in [1.807, 2.05) is 6.07 Å². The van der Waals surface area contributed by atoms with E-state index in [0.29, 0.717) is 16.2 Å². The van der Waals surface area contributed by atoms with Gasteiger partial charge in [0.05, 0.1) is 15.8 Å². The van der Waals surface area contributed by atoms with Crippen molar-refractivity contribution in [1.82, 2.24) is 0 Å². The first-order valence-electron chi connectivity index (χ1n) is 7.18. The van der Waals surface area contributed by atoms with Gasteiger partial charge in [0.2, 0.25) is 0 Å². The zero-order chi connectivity index (χ0) is 13.4. The zero-order valence-electron chi connectivity index (χ0n) is 11.0. The molecule has 1 aliphatic carbocycles. The molecule has 1 aliphatic heterocycles. The molecule has 1 aromatic carbocycles. The summed E-state index contributed by atoms with van der Waals surface area (Å²) in [7, 11) is 0. The molecule has 0 bridgehead atoms. The van der Waals surface area contributed by atoms with E-state index in [2.05, 4.69) is 20.8 Å². The molecule has 1 heterocycles. The Morgan fingerprint density at radius 3 is 2.63 bits per heavy atom. The molecule has 1 saturated heterocycles. The van der Waals surface area contributed by atoms with E-state index >= 15 is 0 Å². The number of nitrogens with zero attached hydrogens (tertiary/aromatic N) is 1.